The third-order valence-corrected chi connectivity index (χ3v) is 5.07. The minimum atomic E-state index is -0.636. The highest BCUT2D eigenvalue weighted by Crippen LogP contribution is 2.33. The predicted molar refractivity (Wildman–Crippen MR) is 74.8 cm³/mol. The molecular weight excluding hydrogens is 246 g/mol. The van der Waals surface area contributed by atoms with E-state index in [-0.39, 0.29) is 5.91 Å². The Balaban J connectivity index is 2.12. The summed E-state index contributed by atoms with van der Waals surface area (Å²) in [5.41, 5.74) is 6.01. The standard InChI is InChI=1S/C13H21N3OS/c1-12(2,13(3,4)14)10(17)16-11-15-8-6-5-7-9(8)18-11/h5-7,14H2,1-4H3,(H,15,16,17). The van der Waals surface area contributed by atoms with Crippen LogP contribution in [0.5, 0.6) is 0 Å². The molecule has 4 nitrogen and oxygen atoms in total. The first-order valence-electron chi connectivity index (χ1n) is 6.31. The van der Waals surface area contributed by atoms with Crippen molar-refractivity contribution < 1.29 is 4.79 Å². The minimum Gasteiger partial charge on any atom is -0.325 e. The molecule has 1 amide bonds. The highest BCUT2D eigenvalue weighted by atomic mass is 32.1. The molecule has 0 saturated carbocycles. The Kier molecular flexibility index (Phi) is 3.23. The second-order valence-electron chi connectivity index (χ2n) is 6.04. The summed E-state index contributed by atoms with van der Waals surface area (Å²) >= 11 is 1.59. The number of amides is 1. The van der Waals surface area contributed by atoms with Crippen LogP contribution in [0.1, 0.15) is 44.7 Å². The summed E-state index contributed by atoms with van der Waals surface area (Å²) in [6.07, 6.45) is 3.31. The largest absolute Gasteiger partial charge is 0.325 e. The van der Waals surface area contributed by atoms with Crippen molar-refractivity contribution in [2.75, 3.05) is 5.32 Å². The van der Waals surface area contributed by atoms with Crippen molar-refractivity contribution in [3.8, 4) is 0 Å². The van der Waals surface area contributed by atoms with Crippen LogP contribution in [0, 0.1) is 5.41 Å². The second kappa shape index (κ2) is 4.31. The van der Waals surface area contributed by atoms with Crippen LogP contribution in [0.15, 0.2) is 0 Å². The number of carbonyl (C=O) groups excluding carboxylic acids is 1. The van der Waals surface area contributed by atoms with Crippen molar-refractivity contribution in [2.45, 2.75) is 52.5 Å². The van der Waals surface area contributed by atoms with Gasteiger partial charge in [-0.05, 0) is 47.0 Å². The van der Waals surface area contributed by atoms with Crippen LogP contribution in [0.2, 0.25) is 0 Å². The second-order valence-corrected chi connectivity index (χ2v) is 7.13. The molecule has 1 aromatic heterocycles. The lowest BCUT2D eigenvalue weighted by atomic mass is 9.74. The zero-order chi connectivity index (χ0) is 13.6. The highest BCUT2D eigenvalue weighted by Gasteiger charge is 2.40. The van der Waals surface area contributed by atoms with E-state index in [4.69, 9.17) is 5.73 Å². The van der Waals surface area contributed by atoms with E-state index in [0.717, 1.165) is 18.5 Å². The van der Waals surface area contributed by atoms with Gasteiger partial charge in [0.15, 0.2) is 5.13 Å². The number of fused-ring (bicyclic) bond motifs is 1. The van der Waals surface area contributed by atoms with Gasteiger partial charge in [0.05, 0.1) is 11.1 Å². The molecule has 0 atom stereocenters. The number of aromatic nitrogens is 1. The molecule has 0 aliphatic heterocycles. The zero-order valence-corrected chi connectivity index (χ0v) is 12.3. The maximum atomic E-state index is 12.3. The normalized spacial score (nSPS) is 15.6. The summed E-state index contributed by atoms with van der Waals surface area (Å²) in [4.78, 5) is 18.1. The molecule has 1 aromatic rings. The summed E-state index contributed by atoms with van der Waals surface area (Å²) in [5, 5.41) is 3.62. The predicted octanol–water partition coefficient (Wildman–Crippen LogP) is 2.33. The maximum Gasteiger partial charge on any atom is 0.233 e. The molecule has 2 rings (SSSR count). The summed E-state index contributed by atoms with van der Waals surface area (Å²) < 4.78 is 0. The van der Waals surface area contributed by atoms with Gasteiger partial charge in [-0.3, -0.25) is 4.79 Å². The van der Waals surface area contributed by atoms with Gasteiger partial charge in [-0.15, -0.1) is 11.3 Å². The molecule has 0 unspecified atom stereocenters. The molecule has 1 aliphatic rings. The van der Waals surface area contributed by atoms with Gasteiger partial charge in [-0.2, -0.15) is 0 Å². The molecule has 0 fully saturated rings. The lowest BCUT2D eigenvalue weighted by Crippen LogP contribution is -2.53. The number of carbonyl (C=O) groups is 1. The van der Waals surface area contributed by atoms with E-state index in [2.05, 4.69) is 10.3 Å². The molecule has 5 heteroatoms. The number of hydrogen-bond donors (Lipinski definition) is 2. The molecule has 0 saturated heterocycles. The van der Waals surface area contributed by atoms with Gasteiger partial charge in [0.2, 0.25) is 5.91 Å². The Hall–Kier alpha value is -0.940. The van der Waals surface area contributed by atoms with Crippen molar-refractivity contribution >= 4 is 22.4 Å². The lowest BCUT2D eigenvalue weighted by molar-refractivity contribution is -0.126. The van der Waals surface area contributed by atoms with Crippen molar-refractivity contribution in [3.05, 3.63) is 10.6 Å². The third-order valence-electron chi connectivity index (χ3n) is 3.99. The van der Waals surface area contributed by atoms with Crippen LogP contribution in [0.25, 0.3) is 0 Å². The van der Waals surface area contributed by atoms with Gasteiger partial charge in [-0.25, -0.2) is 4.98 Å². The Morgan fingerprint density at radius 3 is 2.56 bits per heavy atom. The molecule has 1 heterocycles. The Morgan fingerprint density at radius 2 is 2.00 bits per heavy atom. The fraction of sp³-hybridized carbons (Fsp3) is 0.692. The van der Waals surface area contributed by atoms with Gasteiger partial charge in [0, 0.05) is 10.4 Å². The lowest BCUT2D eigenvalue weighted by Gasteiger charge is -2.36. The summed E-state index contributed by atoms with van der Waals surface area (Å²) in [5.74, 6) is -0.0672. The number of rotatable bonds is 3. The van der Waals surface area contributed by atoms with E-state index < -0.39 is 11.0 Å². The maximum absolute atomic E-state index is 12.3. The van der Waals surface area contributed by atoms with Crippen LogP contribution in [-0.2, 0) is 17.6 Å². The Morgan fingerprint density at radius 1 is 1.33 bits per heavy atom. The smallest absolute Gasteiger partial charge is 0.233 e. The van der Waals surface area contributed by atoms with Gasteiger partial charge in [0.1, 0.15) is 0 Å². The topological polar surface area (TPSA) is 68.0 Å². The first-order valence-corrected chi connectivity index (χ1v) is 7.12. The molecular formula is C13H21N3OS. The molecule has 18 heavy (non-hydrogen) atoms. The fourth-order valence-electron chi connectivity index (χ4n) is 1.79. The van der Waals surface area contributed by atoms with Crippen molar-refractivity contribution in [2.24, 2.45) is 11.1 Å². The van der Waals surface area contributed by atoms with E-state index in [0.29, 0.717) is 5.13 Å². The molecule has 0 aromatic carbocycles. The van der Waals surface area contributed by atoms with E-state index in [1.807, 2.05) is 27.7 Å². The third kappa shape index (κ3) is 2.29. The number of anilines is 1. The summed E-state index contributed by atoms with van der Waals surface area (Å²) in [6, 6.07) is 0. The number of nitrogens with one attached hydrogen (secondary N) is 1. The summed E-state index contributed by atoms with van der Waals surface area (Å²) in [6.45, 7) is 7.47. The van der Waals surface area contributed by atoms with Crippen LogP contribution in [0.4, 0.5) is 5.13 Å². The highest BCUT2D eigenvalue weighted by molar-refractivity contribution is 7.15. The van der Waals surface area contributed by atoms with Crippen molar-refractivity contribution in [1.82, 2.24) is 4.98 Å². The van der Waals surface area contributed by atoms with Crippen molar-refractivity contribution in [1.29, 1.82) is 0 Å². The van der Waals surface area contributed by atoms with Crippen LogP contribution in [0.3, 0.4) is 0 Å². The fourth-order valence-corrected chi connectivity index (χ4v) is 2.83. The average Bonchev–Trinajstić information content (AvgIpc) is 2.75. The Labute approximate surface area is 112 Å². The monoisotopic (exact) mass is 267 g/mol. The van der Waals surface area contributed by atoms with Crippen LogP contribution in [-0.4, -0.2) is 16.4 Å². The molecule has 1 aliphatic carbocycles. The van der Waals surface area contributed by atoms with E-state index in [9.17, 15) is 4.79 Å². The van der Waals surface area contributed by atoms with Crippen molar-refractivity contribution in [3.63, 3.8) is 0 Å². The molecule has 0 spiro atoms. The van der Waals surface area contributed by atoms with Crippen LogP contribution >= 0.6 is 11.3 Å². The first kappa shape index (κ1) is 13.5. The van der Waals surface area contributed by atoms with Gasteiger partial charge < -0.3 is 11.1 Å². The number of thiazole rings is 1. The molecule has 0 bridgehead atoms. The quantitative estimate of drug-likeness (QED) is 0.883. The van der Waals surface area contributed by atoms with E-state index in [1.54, 1.807) is 11.3 Å². The molecule has 3 N–H and O–H groups in total. The number of hydrogen-bond acceptors (Lipinski definition) is 4. The average molecular weight is 267 g/mol. The van der Waals surface area contributed by atoms with Gasteiger partial charge >= 0.3 is 0 Å². The summed E-state index contributed by atoms with van der Waals surface area (Å²) in [7, 11) is 0. The molecule has 0 radical (unpaired) electrons. The Bertz CT molecular complexity index is 450. The van der Waals surface area contributed by atoms with Crippen LogP contribution < -0.4 is 11.1 Å². The molecule has 100 valence electrons. The minimum absolute atomic E-state index is 0.0672. The van der Waals surface area contributed by atoms with E-state index >= 15 is 0 Å². The van der Waals surface area contributed by atoms with E-state index in [1.165, 1.54) is 11.3 Å². The SMILES string of the molecule is CC(C)(N)C(C)(C)C(=O)Nc1nc2c(s1)CCC2. The number of aryl methyl sites for hydroxylation is 2. The van der Waals surface area contributed by atoms with Gasteiger partial charge in [-0.1, -0.05) is 0 Å². The van der Waals surface area contributed by atoms with Gasteiger partial charge in [0.25, 0.3) is 0 Å². The number of nitrogens with zero attached hydrogens (tertiary/aromatic N) is 1. The number of nitrogens with two attached hydrogens (primary N) is 1. The first-order chi connectivity index (χ1) is 8.22. The zero-order valence-electron chi connectivity index (χ0n) is 11.5.